The molecule has 45 heavy (non-hydrogen) atoms. The minimum absolute atomic E-state index is 0.148. The summed E-state index contributed by atoms with van der Waals surface area (Å²) < 4.78 is 38.3. The molecule has 248 valence electrons. The molecule has 0 amide bonds. The van der Waals surface area contributed by atoms with Crippen LogP contribution in [0.5, 0.6) is 5.75 Å². The van der Waals surface area contributed by atoms with Gasteiger partial charge in [0.15, 0.2) is 11.4 Å². The highest BCUT2D eigenvalue weighted by atomic mass is 32.2. The Morgan fingerprint density at radius 1 is 0.844 bits per heavy atom. The second-order valence-corrected chi connectivity index (χ2v) is 12.5. The van der Waals surface area contributed by atoms with Crippen LogP contribution in [-0.4, -0.2) is 73.7 Å². The number of aliphatic carboxylic acids is 2. The lowest BCUT2D eigenvalue weighted by molar-refractivity contribution is -0.159. The van der Waals surface area contributed by atoms with Crippen molar-refractivity contribution in [2.45, 2.75) is 72.1 Å². The number of anilines is 1. The highest BCUT2D eigenvalue weighted by Gasteiger charge is 2.24. The molecule has 1 aromatic heterocycles. The quantitative estimate of drug-likeness (QED) is 0.0823. The van der Waals surface area contributed by atoms with Crippen LogP contribution >= 0.6 is 0 Å². The summed E-state index contributed by atoms with van der Waals surface area (Å²) >= 11 is 0. The van der Waals surface area contributed by atoms with Gasteiger partial charge in [-0.15, -0.1) is 0 Å². The molecule has 2 aromatic carbocycles. The summed E-state index contributed by atoms with van der Waals surface area (Å²) in [5.74, 6) is -2.48. The third kappa shape index (κ3) is 12.6. The zero-order valence-electron chi connectivity index (χ0n) is 26.6. The van der Waals surface area contributed by atoms with Gasteiger partial charge in [-0.1, -0.05) is 52.2 Å². The first-order valence-corrected chi connectivity index (χ1v) is 17.3. The van der Waals surface area contributed by atoms with Gasteiger partial charge in [-0.2, -0.15) is 0 Å². The second-order valence-electron chi connectivity index (χ2n) is 10.8. The molecule has 3 N–H and O–H groups in total. The number of aryl methyl sites for hydroxylation is 1. The summed E-state index contributed by atoms with van der Waals surface area (Å²) in [5, 5.41) is 15.4. The predicted molar refractivity (Wildman–Crippen MR) is 175 cm³/mol. The zero-order chi connectivity index (χ0) is 33.4. The number of sulfonamides is 1. The predicted octanol–water partition coefficient (Wildman–Crippen LogP) is 6.20. The van der Waals surface area contributed by atoms with Crippen molar-refractivity contribution >= 4 is 44.4 Å². The first-order valence-electron chi connectivity index (χ1n) is 15.4. The number of carbonyl (C=O) groups is 3. The summed E-state index contributed by atoms with van der Waals surface area (Å²) in [6.07, 6.45) is 9.31. The Bertz CT molecular complexity index is 1480. The summed E-state index contributed by atoms with van der Waals surface area (Å²) in [7, 11) is -3.50. The number of unbranched alkanes of at least 4 members (excludes halogenated alkanes) is 3. The normalized spacial score (nSPS) is 11.2. The molecule has 3 aromatic rings. The number of hydrogen-bond acceptors (Lipinski definition) is 8. The molecule has 0 radical (unpaired) electrons. The van der Waals surface area contributed by atoms with Crippen LogP contribution in [0.15, 0.2) is 46.9 Å². The van der Waals surface area contributed by atoms with Crippen LogP contribution in [-0.2, 0) is 26.0 Å². The maximum atomic E-state index is 13.7. The number of carboxylic acids is 2. The Morgan fingerprint density at radius 2 is 1.42 bits per heavy atom. The molecular formula is C33H46N2O9S. The van der Waals surface area contributed by atoms with E-state index in [0.717, 1.165) is 50.9 Å². The van der Waals surface area contributed by atoms with Crippen molar-refractivity contribution < 1.29 is 42.2 Å². The average molecular weight is 647 g/mol. The third-order valence-corrected chi connectivity index (χ3v) is 7.50. The number of carbonyl (C=O) groups excluding carboxylic acids is 1. The number of ether oxygens (including phenoxy) is 1. The Labute approximate surface area is 265 Å². The summed E-state index contributed by atoms with van der Waals surface area (Å²) in [5.41, 5.74) is 1.74. The van der Waals surface area contributed by atoms with Crippen LogP contribution in [0.3, 0.4) is 0 Å². The molecule has 1 heterocycles. The zero-order valence-corrected chi connectivity index (χ0v) is 27.5. The lowest BCUT2D eigenvalue weighted by Gasteiger charge is -2.21. The lowest BCUT2D eigenvalue weighted by atomic mass is 9.98. The molecule has 0 aliphatic rings. The van der Waals surface area contributed by atoms with Crippen LogP contribution in [0.2, 0.25) is 0 Å². The van der Waals surface area contributed by atoms with Crippen LogP contribution < -0.4 is 9.46 Å². The van der Waals surface area contributed by atoms with E-state index < -0.39 is 22.0 Å². The smallest absolute Gasteiger partial charge is 0.414 e. The maximum Gasteiger partial charge on any atom is 0.414 e. The van der Waals surface area contributed by atoms with Crippen LogP contribution in [0.25, 0.3) is 11.0 Å². The fourth-order valence-electron chi connectivity index (χ4n) is 4.63. The Balaban J connectivity index is 0.00000107. The van der Waals surface area contributed by atoms with Gasteiger partial charge in [0.25, 0.3) is 0 Å². The van der Waals surface area contributed by atoms with Crippen molar-refractivity contribution in [1.82, 2.24) is 4.90 Å². The van der Waals surface area contributed by atoms with Gasteiger partial charge < -0.3 is 24.3 Å². The molecule has 0 fully saturated rings. The van der Waals surface area contributed by atoms with Crippen LogP contribution in [0.1, 0.15) is 87.4 Å². The van der Waals surface area contributed by atoms with Gasteiger partial charge in [-0.3, -0.25) is 9.52 Å². The van der Waals surface area contributed by atoms with E-state index in [1.807, 2.05) is 12.1 Å². The van der Waals surface area contributed by atoms with Gasteiger partial charge >= 0.3 is 11.9 Å². The van der Waals surface area contributed by atoms with Crippen molar-refractivity contribution in [2.75, 3.05) is 37.2 Å². The van der Waals surface area contributed by atoms with Crippen molar-refractivity contribution in [3.8, 4) is 5.75 Å². The van der Waals surface area contributed by atoms with Crippen molar-refractivity contribution in [3.63, 3.8) is 0 Å². The number of para-hydroxylation sites is 1. The molecule has 0 saturated carbocycles. The molecule has 0 atom stereocenters. The molecule has 0 spiro atoms. The van der Waals surface area contributed by atoms with Gasteiger partial charge in [0.05, 0.1) is 24.1 Å². The van der Waals surface area contributed by atoms with Crippen molar-refractivity contribution in [1.29, 1.82) is 0 Å². The molecular weight excluding hydrogens is 600 g/mol. The van der Waals surface area contributed by atoms with Gasteiger partial charge in [-0.25, -0.2) is 18.0 Å². The number of ketones is 1. The number of carboxylic acid groups (broad SMARTS) is 2. The molecule has 11 nitrogen and oxygen atoms in total. The molecule has 0 aliphatic heterocycles. The number of nitrogens with zero attached hydrogens (tertiary/aromatic N) is 1. The highest BCUT2D eigenvalue weighted by Crippen LogP contribution is 2.34. The molecule has 0 unspecified atom stereocenters. The van der Waals surface area contributed by atoms with E-state index >= 15 is 0 Å². The van der Waals surface area contributed by atoms with Gasteiger partial charge in [-0.05, 0) is 69.1 Å². The van der Waals surface area contributed by atoms with E-state index in [0.29, 0.717) is 46.6 Å². The fourth-order valence-corrected chi connectivity index (χ4v) is 5.19. The number of fused-ring (bicyclic) bond motifs is 1. The fraction of sp³-hybridized carbons (Fsp3) is 0.485. The third-order valence-electron chi connectivity index (χ3n) is 6.91. The lowest BCUT2D eigenvalue weighted by Crippen LogP contribution is -2.28. The van der Waals surface area contributed by atoms with E-state index in [1.54, 1.807) is 30.3 Å². The van der Waals surface area contributed by atoms with E-state index in [1.165, 1.54) is 25.7 Å². The molecule has 12 heteroatoms. The topological polar surface area (TPSA) is 163 Å². The first kappa shape index (κ1) is 37.3. The number of rotatable bonds is 18. The largest absolute Gasteiger partial charge is 0.494 e. The number of benzene rings is 2. The Kier molecular flexibility index (Phi) is 15.6. The number of furan rings is 1. The SMILES string of the molecule is CCCCc1oc2c(NS(C)(=O)=O)cccc2c1C(=O)c1ccc(OCCCN(CCCC)CCCC)cc1.O=C(O)C(=O)O. The van der Waals surface area contributed by atoms with E-state index in [-0.39, 0.29) is 5.78 Å². The first-order chi connectivity index (χ1) is 21.4. The second kappa shape index (κ2) is 18.8. The van der Waals surface area contributed by atoms with Crippen molar-refractivity contribution in [3.05, 3.63) is 59.4 Å². The van der Waals surface area contributed by atoms with E-state index in [4.69, 9.17) is 29.0 Å². The van der Waals surface area contributed by atoms with Gasteiger partial charge in [0.1, 0.15) is 11.5 Å². The maximum absolute atomic E-state index is 13.7. The molecule has 0 bridgehead atoms. The summed E-state index contributed by atoms with van der Waals surface area (Å²) in [6, 6.07) is 12.4. The standard InChI is InChI=1S/C31H44N2O5S.C2H2O4/c1-5-8-15-28-29(26-13-11-14-27(31(26)38-28)32-39(4,35)36)30(34)24-16-18-25(19-17-24)37-23-12-22-33(20-9-6-2)21-10-7-3;3-1(4)2(5)6/h11,13-14,16-19,32H,5-10,12,15,20-23H2,1-4H3;(H,3,4)(H,5,6). The van der Waals surface area contributed by atoms with E-state index in [2.05, 4.69) is 30.4 Å². The summed E-state index contributed by atoms with van der Waals surface area (Å²) in [6.45, 7) is 10.5. The molecule has 0 aliphatic carbocycles. The Hall–Kier alpha value is -3.90. The average Bonchev–Trinajstić information content (AvgIpc) is 3.38. The molecule has 0 saturated heterocycles. The highest BCUT2D eigenvalue weighted by molar-refractivity contribution is 7.92. The van der Waals surface area contributed by atoms with Gasteiger partial charge in [0, 0.05) is 23.9 Å². The number of nitrogens with one attached hydrogen (secondary N) is 1. The van der Waals surface area contributed by atoms with E-state index in [9.17, 15) is 13.2 Å². The minimum Gasteiger partial charge on any atom is -0.494 e. The monoisotopic (exact) mass is 646 g/mol. The molecule has 3 rings (SSSR count). The van der Waals surface area contributed by atoms with Gasteiger partial charge in [0.2, 0.25) is 10.0 Å². The Morgan fingerprint density at radius 3 is 1.96 bits per heavy atom. The minimum atomic E-state index is -3.50. The summed E-state index contributed by atoms with van der Waals surface area (Å²) in [4.78, 5) is 34.4. The van der Waals surface area contributed by atoms with Crippen molar-refractivity contribution in [2.24, 2.45) is 0 Å². The van der Waals surface area contributed by atoms with Crippen LogP contribution in [0, 0.1) is 0 Å². The number of hydrogen-bond donors (Lipinski definition) is 3. The van der Waals surface area contributed by atoms with Crippen LogP contribution in [0.4, 0.5) is 5.69 Å².